The van der Waals surface area contributed by atoms with Gasteiger partial charge in [0.1, 0.15) is 0 Å². The van der Waals surface area contributed by atoms with E-state index in [1.54, 1.807) is 30.3 Å². The molecule has 5 heteroatoms. The van der Waals surface area contributed by atoms with Crippen molar-refractivity contribution < 1.29 is 14.3 Å². The van der Waals surface area contributed by atoms with E-state index in [1.807, 2.05) is 44.2 Å². The first-order valence-electron chi connectivity index (χ1n) is 8.43. The lowest BCUT2D eigenvalue weighted by atomic mass is 9.98. The Morgan fingerprint density at radius 3 is 2.20 bits per heavy atom. The van der Waals surface area contributed by atoms with E-state index < -0.39 is 17.8 Å². The highest BCUT2D eigenvalue weighted by molar-refractivity contribution is 5.94. The molecule has 0 bridgehead atoms. The smallest absolute Gasteiger partial charge is 0.251 e. The highest BCUT2D eigenvalue weighted by Gasteiger charge is 2.38. The number of halogens is 1. The third-order valence-electron chi connectivity index (χ3n) is 3.92. The van der Waals surface area contributed by atoms with E-state index in [2.05, 4.69) is 10.6 Å². The lowest BCUT2D eigenvalue weighted by Crippen LogP contribution is -2.56. The number of nitrogens with one attached hydrogen (secondary N) is 2. The molecule has 1 amide bonds. The normalized spacial score (nSPS) is 14.8. The minimum Gasteiger partial charge on any atom is -0.359 e. The summed E-state index contributed by atoms with van der Waals surface area (Å²) in [5.74, 6) is -2.99. The minimum absolute atomic E-state index is 0.0180. The van der Waals surface area contributed by atoms with E-state index in [9.17, 15) is 14.3 Å². The van der Waals surface area contributed by atoms with Crippen LogP contribution in [-0.4, -0.2) is 35.5 Å². The van der Waals surface area contributed by atoms with Gasteiger partial charge in [0.15, 0.2) is 0 Å². The average molecular weight is 344 g/mol. The Hall–Kier alpha value is -2.24. The summed E-state index contributed by atoms with van der Waals surface area (Å²) in [6.45, 7) is 3.47. The monoisotopic (exact) mass is 344 g/mol. The van der Waals surface area contributed by atoms with Crippen molar-refractivity contribution >= 4 is 5.91 Å². The predicted octanol–water partition coefficient (Wildman–Crippen LogP) is 2.68. The van der Waals surface area contributed by atoms with Gasteiger partial charge in [-0.3, -0.25) is 4.79 Å². The van der Waals surface area contributed by atoms with Gasteiger partial charge in [-0.1, -0.05) is 62.4 Å². The van der Waals surface area contributed by atoms with Crippen molar-refractivity contribution in [3.8, 4) is 0 Å². The van der Waals surface area contributed by atoms with Crippen molar-refractivity contribution in [2.45, 2.75) is 38.2 Å². The molecule has 0 aliphatic heterocycles. The molecule has 2 aromatic rings. The zero-order chi connectivity index (χ0) is 18.3. The van der Waals surface area contributed by atoms with E-state index >= 15 is 0 Å². The Morgan fingerprint density at radius 1 is 1.08 bits per heavy atom. The lowest BCUT2D eigenvalue weighted by Gasteiger charge is -2.31. The predicted molar refractivity (Wildman–Crippen MR) is 97.0 cm³/mol. The molecular formula is C20H25FN2O2. The summed E-state index contributed by atoms with van der Waals surface area (Å²) in [7, 11) is 0. The minimum atomic E-state index is -2.58. The molecule has 0 saturated carbocycles. The van der Waals surface area contributed by atoms with Crippen molar-refractivity contribution in [3.05, 3.63) is 71.8 Å². The molecule has 2 aromatic carbocycles. The summed E-state index contributed by atoms with van der Waals surface area (Å²) in [5, 5.41) is 15.9. The maximum Gasteiger partial charge on any atom is 0.251 e. The molecule has 134 valence electrons. The zero-order valence-corrected chi connectivity index (χ0v) is 14.6. The Morgan fingerprint density at radius 2 is 1.64 bits per heavy atom. The molecule has 0 aliphatic carbocycles. The van der Waals surface area contributed by atoms with Crippen molar-refractivity contribution in [3.63, 3.8) is 0 Å². The number of hydrogen-bond acceptors (Lipinski definition) is 3. The maximum absolute atomic E-state index is 15.0. The van der Waals surface area contributed by atoms with E-state index in [0.717, 1.165) is 5.56 Å². The van der Waals surface area contributed by atoms with Gasteiger partial charge in [0.25, 0.3) is 5.91 Å². The molecule has 0 saturated heterocycles. The largest absolute Gasteiger partial charge is 0.359 e. The average Bonchev–Trinajstić information content (AvgIpc) is 2.61. The van der Waals surface area contributed by atoms with Gasteiger partial charge < -0.3 is 15.7 Å². The van der Waals surface area contributed by atoms with Crippen LogP contribution in [0.25, 0.3) is 0 Å². The summed E-state index contributed by atoms with van der Waals surface area (Å²) >= 11 is 0. The molecule has 0 fully saturated rings. The standard InChI is InChI=1S/C20H25FN2O2/c1-15(2)22-14-20(21,25)18(13-16-9-5-3-6-10-16)23-19(24)17-11-7-4-8-12-17/h3-12,15,18,22,25H,13-14H2,1-2H3,(H,23,24)/t18-,20-/m0/s1. The molecule has 0 radical (unpaired) electrons. The molecule has 0 spiro atoms. The number of hydrogen-bond donors (Lipinski definition) is 3. The number of rotatable bonds is 8. The fraction of sp³-hybridized carbons (Fsp3) is 0.350. The van der Waals surface area contributed by atoms with Crippen LogP contribution in [0.4, 0.5) is 4.39 Å². The second-order valence-electron chi connectivity index (χ2n) is 6.44. The van der Waals surface area contributed by atoms with E-state index in [4.69, 9.17) is 0 Å². The molecule has 3 N–H and O–H groups in total. The third kappa shape index (κ3) is 5.96. The first-order valence-corrected chi connectivity index (χ1v) is 8.43. The SMILES string of the molecule is CC(C)NC[C@@](O)(F)[C@H](Cc1ccccc1)NC(=O)c1ccccc1. The van der Waals surface area contributed by atoms with Crippen molar-refractivity contribution in [2.24, 2.45) is 0 Å². The highest BCUT2D eigenvalue weighted by Crippen LogP contribution is 2.18. The molecule has 25 heavy (non-hydrogen) atoms. The number of benzene rings is 2. The second-order valence-corrected chi connectivity index (χ2v) is 6.44. The number of aliphatic hydroxyl groups is 1. The van der Waals surface area contributed by atoms with Crippen LogP contribution in [-0.2, 0) is 6.42 Å². The van der Waals surface area contributed by atoms with Crippen LogP contribution in [0.2, 0.25) is 0 Å². The van der Waals surface area contributed by atoms with Crippen molar-refractivity contribution in [1.82, 2.24) is 10.6 Å². The van der Waals surface area contributed by atoms with E-state index in [1.165, 1.54) is 0 Å². The topological polar surface area (TPSA) is 61.4 Å². The van der Waals surface area contributed by atoms with Crippen LogP contribution in [0.15, 0.2) is 60.7 Å². The highest BCUT2D eigenvalue weighted by atomic mass is 19.2. The van der Waals surface area contributed by atoms with Crippen LogP contribution in [0, 0.1) is 0 Å². The molecule has 0 aliphatic rings. The fourth-order valence-electron chi connectivity index (χ4n) is 2.47. The number of alkyl halides is 1. The third-order valence-corrected chi connectivity index (χ3v) is 3.92. The van der Waals surface area contributed by atoms with Crippen LogP contribution < -0.4 is 10.6 Å². The number of carbonyl (C=O) groups is 1. The van der Waals surface area contributed by atoms with E-state index in [-0.39, 0.29) is 19.0 Å². The van der Waals surface area contributed by atoms with Crippen LogP contribution >= 0.6 is 0 Å². The van der Waals surface area contributed by atoms with Gasteiger partial charge in [0, 0.05) is 11.6 Å². The molecular weight excluding hydrogens is 319 g/mol. The molecule has 2 atom stereocenters. The van der Waals surface area contributed by atoms with Gasteiger partial charge in [-0.15, -0.1) is 0 Å². The molecule has 0 unspecified atom stereocenters. The molecule has 0 aromatic heterocycles. The Balaban J connectivity index is 2.17. The van der Waals surface area contributed by atoms with Crippen LogP contribution in [0.5, 0.6) is 0 Å². The quantitative estimate of drug-likeness (QED) is 0.690. The fourth-order valence-corrected chi connectivity index (χ4v) is 2.47. The first-order chi connectivity index (χ1) is 11.9. The van der Waals surface area contributed by atoms with Gasteiger partial charge in [-0.2, -0.15) is 0 Å². The van der Waals surface area contributed by atoms with Gasteiger partial charge in [-0.25, -0.2) is 4.39 Å². The summed E-state index contributed by atoms with van der Waals surface area (Å²) < 4.78 is 15.0. The number of amides is 1. The Kier molecular flexibility index (Phi) is 6.67. The van der Waals surface area contributed by atoms with E-state index in [0.29, 0.717) is 5.56 Å². The zero-order valence-electron chi connectivity index (χ0n) is 14.6. The van der Waals surface area contributed by atoms with Gasteiger partial charge >= 0.3 is 0 Å². The second kappa shape index (κ2) is 8.74. The van der Waals surface area contributed by atoms with Crippen LogP contribution in [0.3, 0.4) is 0 Å². The Labute approximate surface area is 148 Å². The molecule has 2 rings (SSSR count). The van der Waals surface area contributed by atoms with Crippen LogP contribution in [0.1, 0.15) is 29.8 Å². The summed E-state index contributed by atoms with van der Waals surface area (Å²) in [6, 6.07) is 16.8. The lowest BCUT2D eigenvalue weighted by molar-refractivity contribution is -0.112. The van der Waals surface area contributed by atoms with Gasteiger partial charge in [0.05, 0.1) is 12.6 Å². The summed E-state index contributed by atoms with van der Waals surface area (Å²) in [5.41, 5.74) is 1.26. The summed E-state index contributed by atoms with van der Waals surface area (Å²) in [6.07, 6.45) is 0.187. The Bertz CT molecular complexity index is 660. The first kappa shape index (κ1) is 19.1. The molecule has 0 heterocycles. The summed E-state index contributed by atoms with van der Waals surface area (Å²) in [4.78, 5) is 12.4. The maximum atomic E-state index is 15.0. The van der Waals surface area contributed by atoms with Gasteiger partial charge in [0.2, 0.25) is 5.85 Å². The van der Waals surface area contributed by atoms with Gasteiger partial charge in [-0.05, 0) is 24.1 Å². The van der Waals surface area contributed by atoms with Crippen molar-refractivity contribution in [2.75, 3.05) is 6.54 Å². The number of carbonyl (C=O) groups excluding carboxylic acids is 1. The molecule has 4 nitrogen and oxygen atoms in total. The van der Waals surface area contributed by atoms with Crippen molar-refractivity contribution in [1.29, 1.82) is 0 Å².